The maximum absolute atomic E-state index is 13.6. The summed E-state index contributed by atoms with van der Waals surface area (Å²) < 4.78 is 17.7. The second-order valence-electron chi connectivity index (χ2n) is 8.86. The van der Waals surface area contributed by atoms with Crippen LogP contribution in [-0.2, 0) is 16.6 Å². The molecule has 1 aliphatic heterocycles. The molecule has 4 aromatic rings. The third-order valence-electron chi connectivity index (χ3n) is 6.39. The van der Waals surface area contributed by atoms with E-state index in [-0.39, 0.29) is 24.5 Å². The Morgan fingerprint density at radius 1 is 1.00 bits per heavy atom. The average Bonchev–Trinajstić information content (AvgIpc) is 3.37. The highest BCUT2D eigenvalue weighted by atomic mass is 16.7. The van der Waals surface area contributed by atoms with Crippen LogP contribution in [0.5, 0.6) is 11.5 Å². The molecule has 1 atom stereocenters. The van der Waals surface area contributed by atoms with Gasteiger partial charge < -0.3 is 24.1 Å². The van der Waals surface area contributed by atoms with Gasteiger partial charge in [0.25, 0.3) is 11.5 Å². The Morgan fingerprint density at radius 2 is 1.70 bits per heavy atom. The van der Waals surface area contributed by atoms with E-state index in [0.29, 0.717) is 33.5 Å². The first-order chi connectivity index (χ1) is 17.9. The number of hydrogen-bond donors (Lipinski definition) is 1. The molecule has 1 unspecified atom stereocenters. The third-order valence-corrected chi connectivity index (χ3v) is 6.39. The topological polar surface area (TPSA) is 95.9 Å². The van der Waals surface area contributed by atoms with Gasteiger partial charge in [0.05, 0.1) is 0 Å². The number of rotatable bonds is 6. The number of anilines is 1. The number of aryl methyl sites for hydroxylation is 1. The molecule has 37 heavy (non-hydrogen) atoms. The standard InChI is InChI=1S/C29H26N2O6/c1-4-22(27(32)30-19-13-14-23-24(15-19)36-16-35-23)37-29(34)26-25(18-11-9-17(2)10-12-18)20-7-5-6-8-21(20)28(33)31(26)3/h5-15,22H,4,16H2,1-3H3,(H,30,32). The molecule has 1 amide bonds. The van der Waals surface area contributed by atoms with Gasteiger partial charge in [-0.15, -0.1) is 0 Å². The Balaban J connectivity index is 1.50. The summed E-state index contributed by atoms with van der Waals surface area (Å²) in [6, 6.07) is 19.9. The van der Waals surface area contributed by atoms with Crippen LogP contribution in [0.25, 0.3) is 21.9 Å². The second-order valence-corrected chi connectivity index (χ2v) is 8.86. The van der Waals surface area contributed by atoms with Crippen molar-refractivity contribution < 1.29 is 23.8 Å². The minimum Gasteiger partial charge on any atom is -0.454 e. The molecule has 0 bridgehead atoms. The van der Waals surface area contributed by atoms with Gasteiger partial charge in [0, 0.05) is 29.8 Å². The Kier molecular flexibility index (Phi) is 6.40. The lowest BCUT2D eigenvalue weighted by molar-refractivity contribution is -0.124. The Labute approximate surface area is 213 Å². The van der Waals surface area contributed by atoms with Crippen LogP contribution in [0.1, 0.15) is 29.4 Å². The summed E-state index contributed by atoms with van der Waals surface area (Å²) in [6.45, 7) is 3.84. The number of fused-ring (bicyclic) bond motifs is 2. The Bertz CT molecular complexity index is 1570. The number of hydrogen-bond acceptors (Lipinski definition) is 6. The van der Waals surface area contributed by atoms with E-state index in [1.807, 2.05) is 43.3 Å². The van der Waals surface area contributed by atoms with Crippen molar-refractivity contribution in [3.8, 4) is 22.6 Å². The number of esters is 1. The van der Waals surface area contributed by atoms with Gasteiger partial charge in [0.15, 0.2) is 17.6 Å². The molecule has 5 rings (SSSR count). The summed E-state index contributed by atoms with van der Waals surface area (Å²) in [6.07, 6.45) is -0.839. The molecule has 0 saturated carbocycles. The van der Waals surface area contributed by atoms with Crippen molar-refractivity contribution in [1.29, 1.82) is 0 Å². The number of pyridine rings is 1. The van der Waals surface area contributed by atoms with Crippen LogP contribution in [-0.4, -0.2) is 29.3 Å². The van der Waals surface area contributed by atoms with Crippen LogP contribution in [0.15, 0.2) is 71.5 Å². The molecule has 0 fully saturated rings. The van der Waals surface area contributed by atoms with Crippen molar-refractivity contribution in [3.05, 3.63) is 88.3 Å². The number of benzene rings is 3. The molecule has 188 valence electrons. The van der Waals surface area contributed by atoms with E-state index in [9.17, 15) is 14.4 Å². The van der Waals surface area contributed by atoms with E-state index in [2.05, 4.69) is 5.32 Å². The summed E-state index contributed by atoms with van der Waals surface area (Å²) in [5.41, 5.74) is 2.66. The van der Waals surface area contributed by atoms with E-state index in [1.165, 1.54) is 11.6 Å². The molecule has 8 nitrogen and oxygen atoms in total. The van der Waals surface area contributed by atoms with Gasteiger partial charge >= 0.3 is 5.97 Å². The largest absolute Gasteiger partial charge is 0.454 e. The van der Waals surface area contributed by atoms with E-state index >= 15 is 0 Å². The Hall–Kier alpha value is -4.59. The van der Waals surface area contributed by atoms with E-state index in [0.717, 1.165) is 11.1 Å². The lowest BCUT2D eigenvalue weighted by Crippen LogP contribution is -2.34. The van der Waals surface area contributed by atoms with Gasteiger partial charge in [0.1, 0.15) is 5.69 Å². The van der Waals surface area contributed by atoms with Crippen molar-refractivity contribution >= 4 is 28.3 Å². The number of carbonyl (C=O) groups excluding carboxylic acids is 2. The van der Waals surface area contributed by atoms with E-state index in [1.54, 1.807) is 37.3 Å². The first-order valence-electron chi connectivity index (χ1n) is 12.0. The van der Waals surface area contributed by atoms with Gasteiger partial charge in [0.2, 0.25) is 6.79 Å². The van der Waals surface area contributed by atoms with Gasteiger partial charge in [-0.1, -0.05) is 55.0 Å². The number of ether oxygens (including phenoxy) is 3. The van der Waals surface area contributed by atoms with Crippen LogP contribution in [0.2, 0.25) is 0 Å². The van der Waals surface area contributed by atoms with Crippen molar-refractivity contribution in [2.75, 3.05) is 12.1 Å². The minimum atomic E-state index is -1.08. The number of nitrogens with one attached hydrogen (secondary N) is 1. The van der Waals surface area contributed by atoms with Crippen molar-refractivity contribution in [2.24, 2.45) is 7.05 Å². The van der Waals surface area contributed by atoms with Crippen molar-refractivity contribution in [1.82, 2.24) is 4.57 Å². The minimum absolute atomic E-state index is 0.0851. The predicted octanol–water partition coefficient (Wildman–Crippen LogP) is 4.82. The third kappa shape index (κ3) is 4.53. The highest BCUT2D eigenvalue weighted by molar-refractivity contribution is 6.07. The molecule has 0 aliphatic carbocycles. The summed E-state index contributed by atoms with van der Waals surface area (Å²) in [5, 5.41) is 3.90. The first-order valence-corrected chi connectivity index (χ1v) is 12.0. The number of carbonyl (C=O) groups is 2. The molecule has 2 heterocycles. The lowest BCUT2D eigenvalue weighted by Gasteiger charge is -2.20. The van der Waals surface area contributed by atoms with Crippen LogP contribution >= 0.6 is 0 Å². The summed E-state index contributed by atoms with van der Waals surface area (Å²) in [7, 11) is 1.54. The molecule has 0 spiro atoms. The zero-order chi connectivity index (χ0) is 26.1. The summed E-state index contributed by atoms with van der Waals surface area (Å²) in [5.74, 6) is -0.125. The maximum Gasteiger partial charge on any atom is 0.356 e. The summed E-state index contributed by atoms with van der Waals surface area (Å²) >= 11 is 0. The number of amides is 1. The highest BCUT2D eigenvalue weighted by Crippen LogP contribution is 2.35. The van der Waals surface area contributed by atoms with Gasteiger partial charge in [-0.25, -0.2) is 4.79 Å². The molecule has 1 aromatic heterocycles. The van der Waals surface area contributed by atoms with Gasteiger partial charge in [-0.05, 0) is 42.5 Å². The number of nitrogens with zero attached hydrogens (tertiary/aromatic N) is 1. The van der Waals surface area contributed by atoms with Gasteiger partial charge in [-0.3, -0.25) is 9.59 Å². The molecule has 8 heteroatoms. The molecule has 1 N–H and O–H groups in total. The van der Waals surface area contributed by atoms with Crippen LogP contribution in [0, 0.1) is 6.92 Å². The monoisotopic (exact) mass is 498 g/mol. The van der Waals surface area contributed by atoms with E-state index in [4.69, 9.17) is 14.2 Å². The first kappa shape index (κ1) is 24.1. The molecular formula is C29H26N2O6. The maximum atomic E-state index is 13.6. The van der Waals surface area contributed by atoms with E-state index < -0.39 is 18.0 Å². The molecule has 3 aromatic carbocycles. The molecular weight excluding hydrogens is 472 g/mol. The molecule has 0 saturated heterocycles. The van der Waals surface area contributed by atoms with Crippen LogP contribution in [0.3, 0.4) is 0 Å². The second kappa shape index (κ2) is 9.81. The van der Waals surface area contributed by atoms with Crippen LogP contribution < -0.4 is 20.3 Å². The van der Waals surface area contributed by atoms with Crippen molar-refractivity contribution in [3.63, 3.8) is 0 Å². The predicted molar refractivity (Wildman–Crippen MR) is 140 cm³/mol. The fourth-order valence-electron chi connectivity index (χ4n) is 4.42. The zero-order valence-corrected chi connectivity index (χ0v) is 20.7. The van der Waals surface area contributed by atoms with Gasteiger partial charge in [-0.2, -0.15) is 0 Å². The summed E-state index contributed by atoms with van der Waals surface area (Å²) in [4.78, 5) is 39.8. The fraction of sp³-hybridized carbons (Fsp3) is 0.207. The quantitative estimate of drug-likeness (QED) is 0.383. The molecule has 1 aliphatic rings. The molecule has 0 radical (unpaired) electrons. The SMILES string of the molecule is CCC(OC(=O)c1c(-c2ccc(C)cc2)c2ccccc2c(=O)n1C)C(=O)Nc1ccc2c(c1)OCO2. The smallest absolute Gasteiger partial charge is 0.356 e. The zero-order valence-electron chi connectivity index (χ0n) is 20.7. The Morgan fingerprint density at radius 3 is 2.43 bits per heavy atom. The lowest BCUT2D eigenvalue weighted by atomic mass is 9.96. The number of aromatic nitrogens is 1. The highest BCUT2D eigenvalue weighted by Gasteiger charge is 2.28. The fourth-order valence-corrected chi connectivity index (χ4v) is 4.42. The van der Waals surface area contributed by atoms with Crippen molar-refractivity contribution in [2.45, 2.75) is 26.4 Å². The van der Waals surface area contributed by atoms with Crippen LogP contribution in [0.4, 0.5) is 5.69 Å². The average molecular weight is 499 g/mol. The normalized spacial score (nSPS) is 12.8.